The fourth-order valence-corrected chi connectivity index (χ4v) is 2.85. The SMILES string of the molecule is O=C(C1CCCO1)N1CCN(c2ccccc2F)CC1. The predicted octanol–water partition coefficient (Wildman–Crippen LogP) is 1.65. The van der Waals surface area contributed by atoms with E-state index in [-0.39, 0.29) is 17.8 Å². The Morgan fingerprint density at radius 3 is 2.60 bits per heavy atom. The summed E-state index contributed by atoms with van der Waals surface area (Å²) in [5.41, 5.74) is 0.622. The van der Waals surface area contributed by atoms with Crippen molar-refractivity contribution < 1.29 is 13.9 Å². The van der Waals surface area contributed by atoms with Crippen molar-refractivity contribution in [1.82, 2.24) is 4.90 Å². The van der Waals surface area contributed by atoms with Crippen LogP contribution in [-0.2, 0) is 9.53 Å². The molecule has 4 nitrogen and oxygen atoms in total. The Kier molecular flexibility index (Phi) is 3.87. The van der Waals surface area contributed by atoms with E-state index >= 15 is 0 Å². The highest BCUT2D eigenvalue weighted by atomic mass is 19.1. The van der Waals surface area contributed by atoms with Gasteiger partial charge in [0.25, 0.3) is 5.91 Å². The normalized spacial score (nSPS) is 23.1. The zero-order valence-corrected chi connectivity index (χ0v) is 11.4. The lowest BCUT2D eigenvalue weighted by Gasteiger charge is -2.37. The number of rotatable bonds is 2. The lowest BCUT2D eigenvalue weighted by Crippen LogP contribution is -2.51. The summed E-state index contributed by atoms with van der Waals surface area (Å²) in [7, 11) is 0. The van der Waals surface area contributed by atoms with Crippen molar-refractivity contribution in [2.75, 3.05) is 37.7 Å². The van der Waals surface area contributed by atoms with Crippen LogP contribution in [0.1, 0.15) is 12.8 Å². The molecule has 0 spiro atoms. The van der Waals surface area contributed by atoms with Crippen molar-refractivity contribution in [3.63, 3.8) is 0 Å². The van der Waals surface area contributed by atoms with E-state index in [0.29, 0.717) is 38.5 Å². The van der Waals surface area contributed by atoms with Gasteiger partial charge in [-0.2, -0.15) is 0 Å². The van der Waals surface area contributed by atoms with E-state index in [1.54, 1.807) is 12.1 Å². The second kappa shape index (κ2) is 5.79. The molecule has 1 aromatic carbocycles. The molecule has 108 valence electrons. The number of hydrogen-bond acceptors (Lipinski definition) is 3. The summed E-state index contributed by atoms with van der Waals surface area (Å²) >= 11 is 0. The number of benzene rings is 1. The Bertz CT molecular complexity index is 481. The van der Waals surface area contributed by atoms with E-state index in [1.807, 2.05) is 15.9 Å². The molecule has 2 aliphatic heterocycles. The van der Waals surface area contributed by atoms with Gasteiger partial charge in [-0.05, 0) is 25.0 Å². The van der Waals surface area contributed by atoms with Crippen LogP contribution in [0.3, 0.4) is 0 Å². The minimum Gasteiger partial charge on any atom is -0.368 e. The highest BCUT2D eigenvalue weighted by molar-refractivity contribution is 5.81. The molecule has 20 heavy (non-hydrogen) atoms. The number of para-hydroxylation sites is 1. The van der Waals surface area contributed by atoms with Gasteiger partial charge in [0.1, 0.15) is 11.9 Å². The molecular weight excluding hydrogens is 259 g/mol. The quantitative estimate of drug-likeness (QED) is 0.824. The van der Waals surface area contributed by atoms with Gasteiger partial charge in [-0.15, -0.1) is 0 Å². The number of ether oxygens (including phenoxy) is 1. The molecule has 2 heterocycles. The number of nitrogens with zero attached hydrogens (tertiary/aromatic N) is 2. The molecule has 0 N–H and O–H groups in total. The zero-order chi connectivity index (χ0) is 13.9. The molecule has 0 saturated carbocycles. The van der Waals surface area contributed by atoms with Crippen molar-refractivity contribution in [2.45, 2.75) is 18.9 Å². The van der Waals surface area contributed by atoms with E-state index in [2.05, 4.69) is 0 Å². The molecule has 0 aromatic heterocycles. The smallest absolute Gasteiger partial charge is 0.251 e. The number of hydrogen-bond donors (Lipinski definition) is 0. The largest absolute Gasteiger partial charge is 0.368 e. The highest BCUT2D eigenvalue weighted by Crippen LogP contribution is 2.21. The van der Waals surface area contributed by atoms with E-state index in [4.69, 9.17) is 4.74 Å². The third kappa shape index (κ3) is 2.63. The maximum Gasteiger partial charge on any atom is 0.251 e. The number of carbonyl (C=O) groups is 1. The number of piperazine rings is 1. The summed E-state index contributed by atoms with van der Waals surface area (Å²) in [5, 5.41) is 0. The Balaban J connectivity index is 1.59. The molecule has 1 atom stereocenters. The van der Waals surface area contributed by atoms with Crippen LogP contribution in [0, 0.1) is 5.82 Å². The molecule has 1 unspecified atom stereocenters. The fourth-order valence-electron chi connectivity index (χ4n) is 2.85. The van der Waals surface area contributed by atoms with Crippen molar-refractivity contribution >= 4 is 11.6 Å². The van der Waals surface area contributed by atoms with Gasteiger partial charge in [0.15, 0.2) is 0 Å². The minimum atomic E-state index is -0.255. The van der Waals surface area contributed by atoms with Gasteiger partial charge in [-0.1, -0.05) is 12.1 Å². The molecular formula is C15H19FN2O2. The third-order valence-corrected chi connectivity index (χ3v) is 3.99. The van der Waals surface area contributed by atoms with Crippen LogP contribution in [0.4, 0.5) is 10.1 Å². The second-order valence-electron chi connectivity index (χ2n) is 5.27. The number of halogens is 1. The van der Waals surface area contributed by atoms with E-state index < -0.39 is 0 Å². The monoisotopic (exact) mass is 278 g/mol. The van der Waals surface area contributed by atoms with Crippen LogP contribution in [0.2, 0.25) is 0 Å². The van der Waals surface area contributed by atoms with Crippen molar-refractivity contribution in [3.05, 3.63) is 30.1 Å². The van der Waals surface area contributed by atoms with Crippen molar-refractivity contribution in [1.29, 1.82) is 0 Å². The molecule has 2 saturated heterocycles. The Morgan fingerprint density at radius 1 is 1.20 bits per heavy atom. The molecule has 0 aliphatic carbocycles. The lowest BCUT2D eigenvalue weighted by atomic mass is 10.2. The molecule has 2 fully saturated rings. The van der Waals surface area contributed by atoms with Gasteiger partial charge in [0, 0.05) is 32.8 Å². The molecule has 2 aliphatic rings. The van der Waals surface area contributed by atoms with Crippen LogP contribution in [0.25, 0.3) is 0 Å². The summed E-state index contributed by atoms with van der Waals surface area (Å²) in [6, 6.07) is 6.78. The van der Waals surface area contributed by atoms with Crippen LogP contribution >= 0.6 is 0 Å². The minimum absolute atomic E-state index is 0.0932. The number of amides is 1. The molecule has 0 bridgehead atoms. The second-order valence-corrected chi connectivity index (χ2v) is 5.27. The summed E-state index contributed by atoms with van der Waals surface area (Å²) in [6.45, 7) is 3.28. The van der Waals surface area contributed by atoms with E-state index in [0.717, 1.165) is 12.8 Å². The van der Waals surface area contributed by atoms with Crippen molar-refractivity contribution in [2.24, 2.45) is 0 Å². The van der Waals surface area contributed by atoms with Gasteiger partial charge in [-0.3, -0.25) is 4.79 Å². The first kappa shape index (κ1) is 13.4. The molecule has 1 amide bonds. The molecule has 0 radical (unpaired) electrons. The average Bonchev–Trinajstić information content (AvgIpc) is 3.01. The van der Waals surface area contributed by atoms with Gasteiger partial charge in [-0.25, -0.2) is 4.39 Å². The fraction of sp³-hybridized carbons (Fsp3) is 0.533. The van der Waals surface area contributed by atoms with Crippen molar-refractivity contribution in [3.8, 4) is 0 Å². The topological polar surface area (TPSA) is 32.8 Å². The standard InChI is InChI=1S/C15H19FN2O2/c16-12-4-1-2-5-13(12)17-7-9-18(10-8-17)15(19)14-6-3-11-20-14/h1-2,4-5,14H,3,6-11H2. The van der Waals surface area contributed by atoms with Crippen LogP contribution in [0.15, 0.2) is 24.3 Å². The van der Waals surface area contributed by atoms with Gasteiger partial charge < -0.3 is 14.5 Å². The van der Waals surface area contributed by atoms with E-state index in [9.17, 15) is 9.18 Å². The van der Waals surface area contributed by atoms with E-state index in [1.165, 1.54) is 6.07 Å². The summed E-state index contributed by atoms with van der Waals surface area (Å²) in [4.78, 5) is 16.1. The molecule has 3 rings (SSSR count). The summed E-state index contributed by atoms with van der Waals surface area (Å²) in [6.07, 6.45) is 1.54. The van der Waals surface area contributed by atoms with Gasteiger partial charge >= 0.3 is 0 Å². The molecule has 1 aromatic rings. The maximum absolute atomic E-state index is 13.7. The van der Waals surface area contributed by atoms with Crippen LogP contribution < -0.4 is 4.90 Å². The van der Waals surface area contributed by atoms with Gasteiger partial charge in [0.2, 0.25) is 0 Å². The zero-order valence-electron chi connectivity index (χ0n) is 11.4. The number of anilines is 1. The number of carbonyl (C=O) groups excluding carboxylic acids is 1. The van der Waals surface area contributed by atoms with Gasteiger partial charge in [0.05, 0.1) is 5.69 Å². The Labute approximate surface area is 118 Å². The maximum atomic E-state index is 13.7. The van der Waals surface area contributed by atoms with Crippen LogP contribution in [-0.4, -0.2) is 49.7 Å². The summed E-state index contributed by atoms with van der Waals surface area (Å²) < 4.78 is 19.2. The highest BCUT2D eigenvalue weighted by Gasteiger charge is 2.30. The first-order valence-corrected chi connectivity index (χ1v) is 7.15. The molecule has 5 heteroatoms. The Morgan fingerprint density at radius 2 is 1.95 bits per heavy atom. The van der Waals surface area contributed by atoms with Crippen LogP contribution in [0.5, 0.6) is 0 Å². The lowest BCUT2D eigenvalue weighted by molar-refractivity contribution is -0.141. The Hall–Kier alpha value is -1.62. The third-order valence-electron chi connectivity index (χ3n) is 3.99. The average molecular weight is 278 g/mol. The predicted molar refractivity (Wildman–Crippen MR) is 74.2 cm³/mol. The first-order chi connectivity index (χ1) is 9.75. The first-order valence-electron chi connectivity index (χ1n) is 7.15. The summed E-state index contributed by atoms with van der Waals surface area (Å²) in [5.74, 6) is -0.109.